The van der Waals surface area contributed by atoms with E-state index in [4.69, 9.17) is 9.47 Å². The van der Waals surface area contributed by atoms with Crippen LogP contribution in [0.2, 0.25) is 0 Å². The van der Waals surface area contributed by atoms with E-state index in [0.717, 1.165) is 18.4 Å². The van der Waals surface area contributed by atoms with Crippen molar-refractivity contribution in [2.45, 2.75) is 19.4 Å². The number of rotatable bonds is 8. The van der Waals surface area contributed by atoms with E-state index >= 15 is 0 Å². The largest absolute Gasteiger partial charge is 0.633 e. The molecule has 8 heteroatoms. The van der Waals surface area contributed by atoms with Gasteiger partial charge in [-0.3, -0.25) is 4.57 Å². The lowest BCUT2D eigenvalue weighted by molar-refractivity contribution is -0.868. The third kappa shape index (κ3) is 5.48. The lowest BCUT2D eigenvalue weighted by Crippen LogP contribution is -2.42. The molecule has 1 fully saturated rings. The number of benzene rings is 2. The smallest absolute Gasteiger partial charge is 0.355 e. The summed E-state index contributed by atoms with van der Waals surface area (Å²) in [7, 11) is 0. The normalized spacial score (nSPS) is 15.0. The Labute approximate surface area is 179 Å². The van der Waals surface area contributed by atoms with E-state index in [1.807, 2.05) is 0 Å². The molecule has 2 aromatic carbocycles. The van der Waals surface area contributed by atoms with Crippen molar-refractivity contribution in [2.24, 2.45) is 0 Å². The fraction of sp³-hybridized carbons (Fsp3) is 0.304. The van der Waals surface area contributed by atoms with Crippen molar-refractivity contribution in [3.8, 4) is 17.3 Å². The van der Waals surface area contributed by atoms with Crippen molar-refractivity contribution in [2.75, 3.05) is 26.2 Å². The zero-order chi connectivity index (χ0) is 21.7. The highest BCUT2D eigenvalue weighted by Crippen LogP contribution is 2.19. The van der Waals surface area contributed by atoms with Crippen LogP contribution in [0.1, 0.15) is 18.4 Å². The van der Waals surface area contributed by atoms with E-state index in [-0.39, 0.29) is 23.0 Å². The summed E-state index contributed by atoms with van der Waals surface area (Å²) in [6.45, 7) is 2.34. The lowest BCUT2D eigenvalue weighted by atomic mass is 10.2. The molecule has 1 aliphatic heterocycles. The molecule has 0 amide bonds. The van der Waals surface area contributed by atoms with Crippen LogP contribution >= 0.6 is 0 Å². The van der Waals surface area contributed by atoms with Gasteiger partial charge >= 0.3 is 5.69 Å². The fourth-order valence-electron chi connectivity index (χ4n) is 3.57. The molecule has 0 aliphatic carbocycles. The monoisotopic (exact) mass is 425 g/mol. The van der Waals surface area contributed by atoms with E-state index in [2.05, 4.69) is 4.98 Å². The highest BCUT2D eigenvalue weighted by atomic mass is 19.1. The van der Waals surface area contributed by atoms with Gasteiger partial charge in [-0.25, -0.2) is 9.18 Å². The van der Waals surface area contributed by atoms with Gasteiger partial charge in [-0.15, -0.1) is 0 Å². The topological polar surface area (TPSA) is 76.4 Å². The van der Waals surface area contributed by atoms with Crippen LogP contribution in [0.3, 0.4) is 0 Å². The molecule has 7 nitrogen and oxygen atoms in total. The van der Waals surface area contributed by atoms with Gasteiger partial charge < -0.3 is 19.3 Å². The SMILES string of the molecule is O=c1nc(OCc2ccc(F)cc2)ccn1-c1ccc(OCC[N+]2([O-])CCCC2)cc1. The van der Waals surface area contributed by atoms with E-state index in [9.17, 15) is 14.4 Å². The molecule has 3 aromatic rings. The zero-order valence-electron chi connectivity index (χ0n) is 17.1. The van der Waals surface area contributed by atoms with Gasteiger partial charge in [0.05, 0.1) is 18.8 Å². The molecule has 0 bridgehead atoms. The maximum absolute atomic E-state index is 13.0. The van der Waals surface area contributed by atoms with Gasteiger partial charge in [0.15, 0.2) is 0 Å². The molecule has 162 valence electrons. The summed E-state index contributed by atoms with van der Waals surface area (Å²) in [5, 5.41) is 12.3. The predicted octanol–water partition coefficient (Wildman–Crippen LogP) is 3.44. The van der Waals surface area contributed by atoms with E-state index < -0.39 is 5.69 Å². The zero-order valence-corrected chi connectivity index (χ0v) is 17.1. The molecule has 0 unspecified atom stereocenters. The molecule has 0 N–H and O–H groups in total. The second kappa shape index (κ2) is 9.28. The number of ether oxygens (including phenoxy) is 2. The first-order chi connectivity index (χ1) is 15.0. The van der Waals surface area contributed by atoms with Crippen molar-refractivity contribution in [3.05, 3.63) is 87.9 Å². The molecular weight excluding hydrogens is 401 g/mol. The Bertz CT molecular complexity index is 1060. The number of quaternary nitrogens is 1. The number of hydroxylamine groups is 3. The van der Waals surface area contributed by atoms with Crippen LogP contribution in [-0.4, -0.2) is 40.4 Å². The van der Waals surface area contributed by atoms with Crippen LogP contribution in [0.25, 0.3) is 5.69 Å². The van der Waals surface area contributed by atoms with Crippen molar-refractivity contribution in [3.63, 3.8) is 0 Å². The van der Waals surface area contributed by atoms with E-state index in [0.29, 0.717) is 37.7 Å². The Balaban J connectivity index is 1.34. The number of hydrogen-bond acceptors (Lipinski definition) is 5. The maximum Gasteiger partial charge on any atom is 0.355 e. The molecular formula is C23H24FN3O4. The summed E-state index contributed by atoms with van der Waals surface area (Å²) in [5.74, 6) is 0.528. The van der Waals surface area contributed by atoms with Crippen LogP contribution in [0.5, 0.6) is 11.6 Å². The predicted molar refractivity (Wildman–Crippen MR) is 114 cm³/mol. The molecule has 31 heavy (non-hydrogen) atoms. The minimum absolute atomic E-state index is 0.172. The van der Waals surface area contributed by atoms with Gasteiger partial charge in [0.1, 0.15) is 31.3 Å². The molecule has 0 atom stereocenters. The van der Waals surface area contributed by atoms with Crippen LogP contribution < -0.4 is 15.2 Å². The highest BCUT2D eigenvalue weighted by molar-refractivity contribution is 5.37. The highest BCUT2D eigenvalue weighted by Gasteiger charge is 2.22. The van der Waals surface area contributed by atoms with E-state index in [1.165, 1.54) is 16.7 Å². The Morgan fingerprint density at radius 3 is 2.39 bits per heavy atom. The van der Waals surface area contributed by atoms with Gasteiger partial charge in [0, 0.05) is 25.1 Å². The second-order valence-electron chi connectivity index (χ2n) is 7.61. The van der Waals surface area contributed by atoms with Crippen molar-refractivity contribution >= 4 is 0 Å². The van der Waals surface area contributed by atoms with E-state index in [1.54, 1.807) is 48.7 Å². The van der Waals surface area contributed by atoms with Crippen LogP contribution in [0.15, 0.2) is 65.6 Å². The summed E-state index contributed by atoms with van der Waals surface area (Å²) in [5.41, 5.74) is 0.941. The molecule has 1 saturated heterocycles. The molecule has 1 aromatic heterocycles. The second-order valence-corrected chi connectivity index (χ2v) is 7.61. The minimum atomic E-state index is -0.475. The molecule has 0 radical (unpaired) electrons. The third-order valence-electron chi connectivity index (χ3n) is 5.34. The number of hydrogen-bond donors (Lipinski definition) is 0. The Kier molecular flexibility index (Phi) is 6.29. The summed E-state index contributed by atoms with van der Waals surface area (Å²) in [4.78, 5) is 16.3. The summed E-state index contributed by atoms with van der Waals surface area (Å²) >= 11 is 0. The fourth-order valence-corrected chi connectivity index (χ4v) is 3.57. The summed E-state index contributed by atoms with van der Waals surface area (Å²) in [6.07, 6.45) is 3.55. The van der Waals surface area contributed by atoms with Crippen LogP contribution in [0, 0.1) is 11.0 Å². The van der Waals surface area contributed by atoms with Gasteiger partial charge in [-0.1, -0.05) is 12.1 Å². The number of likely N-dealkylation sites (tertiary alicyclic amines) is 1. The first kappa shape index (κ1) is 21.0. The molecule has 4 rings (SSSR count). The third-order valence-corrected chi connectivity index (χ3v) is 5.34. The van der Waals surface area contributed by atoms with Crippen molar-refractivity contribution in [1.29, 1.82) is 0 Å². The van der Waals surface area contributed by atoms with Gasteiger partial charge in [-0.2, -0.15) is 4.98 Å². The average Bonchev–Trinajstić information content (AvgIpc) is 3.20. The van der Waals surface area contributed by atoms with Gasteiger partial charge in [0.2, 0.25) is 5.88 Å². The quantitative estimate of drug-likeness (QED) is 0.408. The van der Waals surface area contributed by atoms with Gasteiger partial charge in [-0.05, 0) is 42.0 Å². The standard InChI is InChI=1S/C23H24FN3O4/c24-19-5-3-18(4-6-19)17-31-22-11-12-26(23(28)25-22)20-7-9-21(10-8-20)30-16-15-27(29)13-1-2-14-27/h3-12H,1-2,13-17H2. The molecule has 0 spiro atoms. The number of nitrogens with zero attached hydrogens (tertiary/aromatic N) is 3. The van der Waals surface area contributed by atoms with Crippen molar-refractivity contribution < 1.29 is 18.5 Å². The lowest BCUT2D eigenvalue weighted by Gasteiger charge is -2.38. The first-order valence-corrected chi connectivity index (χ1v) is 10.3. The minimum Gasteiger partial charge on any atom is -0.633 e. The van der Waals surface area contributed by atoms with Crippen LogP contribution in [0.4, 0.5) is 4.39 Å². The summed E-state index contributed by atoms with van der Waals surface area (Å²) in [6, 6.07) is 14.6. The molecule has 0 saturated carbocycles. The Hall–Kier alpha value is -3.23. The summed E-state index contributed by atoms with van der Waals surface area (Å²) < 4.78 is 25.4. The first-order valence-electron chi connectivity index (χ1n) is 10.3. The maximum atomic E-state index is 13.0. The van der Waals surface area contributed by atoms with Crippen molar-refractivity contribution in [1.82, 2.24) is 9.55 Å². The Morgan fingerprint density at radius 1 is 1.00 bits per heavy atom. The van der Waals surface area contributed by atoms with Gasteiger partial charge in [0.25, 0.3) is 0 Å². The van der Waals surface area contributed by atoms with Crippen LogP contribution in [-0.2, 0) is 6.61 Å². The number of aromatic nitrogens is 2. The average molecular weight is 425 g/mol. The Morgan fingerprint density at radius 2 is 1.71 bits per heavy atom. The molecule has 2 heterocycles. The molecule has 1 aliphatic rings. The number of halogens is 1.